The summed E-state index contributed by atoms with van der Waals surface area (Å²) in [7, 11) is 0. The maximum atomic E-state index is 11.7. The third-order valence-electron chi connectivity index (χ3n) is 2.04. The lowest BCUT2D eigenvalue weighted by atomic mass is 10.2. The largest absolute Gasteiger partial charge is 0.462 e. The minimum Gasteiger partial charge on any atom is -0.462 e. The molecule has 1 aromatic rings. The van der Waals surface area contributed by atoms with E-state index in [1.54, 1.807) is 19.9 Å². The number of carbonyl (C=O) groups excluding carboxylic acids is 2. The number of aromatic nitrogens is 1. The fourth-order valence-corrected chi connectivity index (χ4v) is 1.67. The zero-order chi connectivity index (χ0) is 13.5. The molecule has 1 aromatic heterocycles. The molecule has 0 aromatic carbocycles. The summed E-state index contributed by atoms with van der Waals surface area (Å²) >= 11 is 1.38. The molecule has 0 radical (unpaired) electrons. The Morgan fingerprint density at radius 3 is 2.33 bits per heavy atom. The zero-order valence-electron chi connectivity index (χ0n) is 10.6. The molecule has 5 nitrogen and oxygen atoms in total. The molecule has 0 saturated carbocycles. The van der Waals surface area contributed by atoms with E-state index in [-0.39, 0.29) is 24.5 Å². The number of hydrogen-bond donors (Lipinski definition) is 0. The molecule has 0 atom stereocenters. The van der Waals surface area contributed by atoms with Gasteiger partial charge >= 0.3 is 11.9 Å². The summed E-state index contributed by atoms with van der Waals surface area (Å²) in [5.74, 6) is -1.18. The third kappa shape index (κ3) is 3.46. The molecule has 1 rings (SSSR count). The lowest BCUT2D eigenvalue weighted by Crippen LogP contribution is -2.16. The Bertz CT molecular complexity index is 448. The summed E-state index contributed by atoms with van der Waals surface area (Å²) < 4.78 is 9.75. The van der Waals surface area contributed by atoms with Gasteiger partial charge in [-0.05, 0) is 32.2 Å². The van der Waals surface area contributed by atoms with Crippen LogP contribution >= 0.6 is 11.8 Å². The first kappa shape index (κ1) is 14.5. The van der Waals surface area contributed by atoms with E-state index >= 15 is 0 Å². The maximum Gasteiger partial charge on any atom is 0.357 e. The second-order valence-electron chi connectivity index (χ2n) is 3.19. The van der Waals surface area contributed by atoms with Gasteiger partial charge in [0, 0.05) is 0 Å². The highest BCUT2D eigenvalue weighted by atomic mass is 32.2. The van der Waals surface area contributed by atoms with Gasteiger partial charge in [0.15, 0.2) is 5.69 Å². The van der Waals surface area contributed by atoms with Gasteiger partial charge in [0.2, 0.25) is 0 Å². The van der Waals surface area contributed by atoms with Crippen LogP contribution in [-0.4, -0.2) is 36.4 Å². The number of pyridine rings is 1. The molecular weight excluding hydrogens is 254 g/mol. The van der Waals surface area contributed by atoms with Crippen molar-refractivity contribution in [2.75, 3.05) is 19.5 Å². The van der Waals surface area contributed by atoms with E-state index in [0.29, 0.717) is 5.03 Å². The van der Waals surface area contributed by atoms with E-state index in [0.717, 1.165) is 0 Å². The molecule has 6 heteroatoms. The van der Waals surface area contributed by atoms with Crippen LogP contribution in [0.25, 0.3) is 0 Å². The Morgan fingerprint density at radius 1 is 1.17 bits per heavy atom. The van der Waals surface area contributed by atoms with Gasteiger partial charge in [-0.3, -0.25) is 0 Å². The molecule has 0 aliphatic rings. The van der Waals surface area contributed by atoms with Crippen molar-refractivity contribution in [1.29, 1.82) is 0 Å². The van der Waals surface area contributed by atoms with Gasteiger partial charge in [0.05, 0.1) is 23.8 Å². The van der Waals surface area contributed by atoms with Crippen LogP contribution in [0.15, 0.2) is 17.2 Å². The van der Waals surface area contributed by atoms with Gasteiger partial charge in [0.1, 0.15) is 0 Å². The molecule has 1 heterocycles. The Hall–Kier alpha value is -1.56. The van der Waals surface area contributed by atoms with Crippen LogP contribution in [-0.2, 0) is 9.47 Å². The summed E-state index contributed by atoms with van der Waals surface area (Å²) in [6, 6.07) is 3.20. The summed E-state index contributed by atoms with van der Waals surface area (Å²) in [6.07, 6.45) is 1.83. The van der Waals surface area contributed by atoms with E-state index < -0.39 is 11.9 Å². The predicted octanol–water partition coefficient (Wildman–Crippen LogP) is 2.16. The molecule has 0 fully saturated rings. The quantitative estimate of drug-likeness (QED) is 0.603. The Labute approximate surface area is 110 Å². The van der Waals surface area contributed by atoms with Crippen LogP contribution in [0, 0.1) is 0 Å². The topological polar surface area (TPSA) is 65.5 Å². The van der Waals surface area contributed by atoms with E-state index in [9.17, 15) is 9.59 Å². The fourth-order valence-electron chi connectivity index (χ4n) is 1.28. The van der Waals surface area contributed by atoms with E-state index in [2.05, 4.69) is 4.98 Å². The van der Waals surface area contributed by atoms with Crippen molar-refractivity contribution in [3.05, 3.63) is 23.4 Å². The first-order valence-corrected chi connectivity index (χ1v) is 6.75. The summed E-state index contributed by atoms with van der Waals surface area (Å²) in [5.41, 5.74) is 0.134. The molecular formula is C12H15NO4S. The highest BCUT2D eigenvalue weighted by Gasteiger charge is 2.21. The van der Waals surface area contributed by atoms with Crippen molar-refractivity contribution in [1.82, 2.24) is 4.98 Å². The van der Waals surface area contributed by atoms with Crippen LogP contribution in [0.5, 0.6) is 0 Å². The van der Waals surface area contributed by atoms with Crippen molar-refractivity contribution in [2.45, 2.75) is 18.9 Å². The summed E-state index contributed by atoms with van der Waals surface area (Å²) in [5, 5.41) is 0.645. The number of rotatable bonds is 5. The van der Waals surface area contributed by atoms with Crippen LogP contribution in [0.2, 0.25) is 0 Å². The second kappa shape index (κ2) is 7.00. The Balaban J connectivity index is 3.15. The van der Waals surface area contributed by atoms with E-state index in [1.807, 2.05) is 6.26 Å². The van der Waals surface area contributed by atoms with Gasteiger partial charge in [-0.2, -0.15) is 0 Å². The smallest absolute Gasteiger partial charge is 0.357 e. The molecule has 0 aliphatic carbocycles. The van der Waals surface area contributed by atoms with Gasteiger partial charge in [-0.1, -0.05) is 0 Å². The minimum atomic E-state index is -0.614. The number of nitrogens with zero attached hydrogens (tertiary/aromatic N) is 1. The summed E-state index contributed by atoms with van der Waals surface area (Å²) in [4.78, 5) is 27.5. The molecule has 0 amide bonds. The number of thioether (sulfide) groups is 1. The van der Waals surface area contributed by atoms with Crippen molar-refractivity contribution >= 4 is 23.7 Å². The lowest BCUT2D eigenvalue weighted by Gasteiger charge is -2.08. The predicted molar refractivity (Wildman–Crippen MR) is 67.9 cm³/mol. The summed E-state index contributed by atoms with van der Waals surface area (Å²) in [6.45, 7) is 3.86. The highest BCUT2D eigenvalue weighted by molar-refractivity contribution is 7.98. The van der Waals surface area contributed by atoms with Crippen molar-refractivity contribution in [3.63, 3.8) is 0 Å². The first-order chi connectivity index (χ1) is 8.63. The van der Waals surface area contributed by atoms with Crippen molar-refractivity contribution in [3.8, 4) is 0 Å². The lowest BCUT2D eigenvalue weighted by molar-refractivity contribution is 0.0472. The molecule has 0 spiro atoms. The zero-order valence-corrected chi connectivity index (χ0v) is 11.4. The first-order valence-electron chi connectivity index (χ1n) is 5.53. The molecule has 0 saturated heterocycles. The average Bonchev–Trinajstić information content (AvgIpc) is 2.38. The molecule has 0 unspecified atom stereocenters. The third-order valence-corrected chi connectivity index (χ3v) is 2.69. The van der Waals surface area contributed by atoms with Crippen LogP contribution in [0.3, 0.4) is 0 Å². The maximum absolute atomic E-state index is 11.7. The fraction of sp³-hybridized carbons (Fsp3) is 0.417. The normalized spacial score (nSPS) is 9.94. The van der Waals surface area contributed by atoms with Crippen LogP contribution in [0.4, 0.5) is 0 Å². The Morgan fingerprint density at radius 2 is 1.78 bits per heavy atom. The number of hydrogen-bond acceptors (Lipinski definition) is 6. The van der Waals surface area contributed by atoms with Gasteiger partial charge in [-0.15, -0.1) is 11.8 Å². The van der Waals surface area contributed by atoms with E-state index in [1.165, 1.54) is 17.8 Å². The SMILES string of the molecule is CCOC(=O)c1ccc(SC)nc1C(=O)OCC. The number of esters is 2. The highest BCUT2D eigenvalue weighted by Crippen LogP contribution is 2.17. The minimum absolute atomic E-state index is 0.00199. The van der Waals surface area contributed by atoms with Crippen LogP contribution in [0.1, 0.15) is 34.7 Å². The second-order valence-corrected chi connectivity index (χ2v) is 4.02. The average molecular weight is 269 g/mol. The monoisotopic (exact) mass is 269 g/mol. The Kier molecular flexibility index (Phi) is 5.64. The van der Waals surface area contributed by atoms with Crippen LogP contribution < -0.4 is 0 Å². The number of ether oxygens (including phenoxy) is 2. The van der Waals surface area contributed by atoms with Gasteiger partial charge in [-0.25, -0.2) is 14.6 Å². The van der Waals surface area contributed by atoms with Gasteiger partial charge in [0.25, 0.3) is 0 Å². The van der Waals surface area contributed by atoms with Gasteiger partial charge < -0.3 is 9.47 Å². The number of carbonyl (C=O) groups is 2. The van der Waals surface area contributed by atoms with Crippen molar-refractivity contribution < 1.29 is 19.1 Å². The molecule has 0 aliphatic heterocycles. The molecule has 98 valence electrons. The standard InChI is InChI=1S/C12H15NO4S/c1-4-16-11(14)8-6-7-9(18-3)13-10(8)12(15)17-5-2/h6-7H,4-5H2,1-3H3. The molecule has 18 heavy (non-hydrogen) atoms. The van der Waals surface area contributed by atoms with E-state index in [4.69, 9.17) is 9.47 Å². The molecule has 0 N–H and O–H groups in total. The van der Waals surface area contributed by atoms with Crippen molar-refractivity contribution in [2.24, 2.45) is 0 Å². The molecule has 0 bridgehead atoms.